The van der Waals surface area contributed by atoms with E-state index in [1.807, 2.05) is 13.0 Å². The molecule has 0 spiro atoms. The summed E-state index contributed by atoms with van der Waals surface area (Å²) in [7, 11) is 4.14. The van der Waals surface area contributed by atoms with Gasteiger partial charge in [0.1, 0.15) is 5.82 Å². The number of aryl methyl sites for hydroxylation is 1. The first-order chi connectivity index (χ1) is 8.90. The smallest absolute Gasteiger partial charge is 0.127 e. The maximum absolute atomic E-state index is 9.00. The average Bonchev–Trinajstić information content (AvgIpc) is 2.26. The zero-order valence-electron chi connectivity index (χ0n) is 12.6. The van der Waals surface area contributed by atoms with Gasteiger partial charge in [-0.2, -0.15) is 5.26 Å². The van der Waals surface area contributed by atoms with E-state index in [9.17, 15) is 0 Å². The molecule has 1 N–H and O–H groups in total. The Hall–Kier alpha value is -1.60. The summed E-state index contributed by atoms with van der Waals surface area (Å²) in [4.78, 5) is 6.62. The monoisotopic (exact) mass is 260 g/mol. The molecule has 1 heterocycles. The highest BCUT2D eigenvalue weighted by Crippen LogP contribution is 2.14. The molecule has 0 aliphatic heterocycles. The summed E-state index contributed by atoms with van der Waals surface area (Å²) < 4.78 is 0. The SMILES string of the molecule is Cc1cc(C#N)cc(NC(CC(C)C)CN(C)C)n1. The summed E-state index contributed by atoms with van der Waals surface area (Å²) in [5, 5.41) is 12.5. The Balaban J connectivity index is 2.83. The van der Waals surface area contributed by atoms with E-state index in [2.05, 4.69) is 49.2 Å². The molecular weight excluding hydrogens is 236 g/mol. The predicted molar refractivity (Wildman–Crippen MR) is 79.1 cm³/mol. The van der Waals surface area contributed by atoms with Crippen LogP contribution in [-0.2, 0) is 0 Å². The lowest BCUT2D eigenvalue weighted by Gasteiger charge is -2.24. The molecule has 104 valence electrons. The van der Waals surface area contributed by atoms with Crippen LogP contribution in [0.2, 0.25) is 0 Å². The predicted octanol–water partition coefficient (Wildman–Crippen LogP) is 2.65. The molecule has 4 heteroatoms. The van der Waals surface area contributed by atoms with Crippen LogP contribution in [0.1, 0.15) is 31.5 Å². The number of aromatic nitrogens is 1. The number of nitrogens with one attached hydrogen (secondary N) is 1. The molecule has 0 saturated heterocycles. The lowest BCUT2D eigenvalue weighted by Crippen LogP contribution is -2.33. The van der Waals surface area contributed by atoms with E-state index in [-0.39, 0.29) is 0 Å². The maximum Gasteiger partial charge on any atom is 0.127 e. The van der Waals surface area contributed by atoms with Gasteiger partial charge < -0.3 is 10.2 Å². The number of likely N-dealkylation sites (N-methyl/N-ethyl adjacent to an activating group) is 1. The molecule has 1 aromatic rings. The van der Waals surface area contributed by atoms with Crippen LogP contribution in [0, 0.1) is 24.2 Å². The van der Waals surface area contributed by atoms with E-state index in [0.717, 1.165) is 24.5 Å². The summed E-state index contributed by atoms with van der Waals surface area (Å²) in [6.07, 6.45) is 1.08. The molecule has 0 fully saturated rings. The van der Waals surface area contributed by atoms with Gasteiger partial charge in [0.05, 0.1) is 11.6 Å². The van der Waals surface area contributed by atoms with Crippen LogP contribution < -0.4 is 5.32 Å². The number of pyridine rings is 1. The van der Waals surface area contributed by atoms with Crippen LogP contribution in [0.5, 0.6) is 0 Å². The van der Waals surface area contributed by atoms with E-state index < -0.39 is 0 Å². The second-order valence-electron chi connectivity index (χ2n) is 5.73. The van der Waals surface area contributed by atoms with Crippen molar-refractivity contribution in [2.75, 3.05) is 26.0 Å². The van der Waals surface area contributed by atoms with Crippen molar-refractivity contribution in [1.29, 1.82) is 5.26 Å². The van der Waals surface area contributed by atoms with Gasteiger partial charge in [0, 0.05) is 18.3 Å². The standard InChI is InChI=1S/C15H24N4/c1-11(2)6-14(10-19(4)5)18-15-8-13(9-16)7-12(3)17-15/h7-8,11,14H,6,10H2,1-5H3,(H,17,18). The van der Waals surface area contributed by atoms with Crippen molar-refractivity contribution < 1.29 is 0 Å². The second-order valence-corrected chi connectivity index (χ2v) is 5.73. The Labute approximate surface area is 116 Å². The van der Waals surface area contributed by atoms with E-state index in [1.54, 1.807) is 6.07 Å². The summed E-state index contributed by atoms with van der Waals surface area (Å²) in [5.74, 6) is 1.42. The molecule has 1 atom stereocenters. The first-order valence-corrected chi connectivity index (χ1v) is 6.70. The van der Waals surface area contributed by atoms with Gasteiger partial charge in [0.2, 0.25) is 0 Å². The van der Waals surface area contributed by atoms with Crippen molar-refractivity contribution in [2.45, 2.75) is 33.2 Å². The summed E-state index contributed by atoms with van der Waals surface area (Å²) in [5.41, 5.74) is 1.53. The van der Waals surface area contributed by atoms with Crippen LogP contribution in [-0.4, -0.2) is 36.6 Å². The Morgan fingerprint density at radius 1 is 1.37 bits per heavy atom. The van der Waals surface area contributed by atoms with Gasteiger partial charge in [-0.25, -0.2) is 4.98 Å². The van der Waals surface area contributed by atoms with Gasteiger partial charge >= 0.3 is 0 Å². The molecule has 19 heavy (non-hydrogen) atoms. The van der Waals surface area contributed by atoms with Crippen LogP contribution in [0.15, 0.2) is 12.1 Å². The molecular formula is C15H24N4. The van der Waals surface area contributed by atoms with Gasteiger partial charge in [0.25, 0.3) is 0 Å². The molecule has 4 nitrogen and oxygen atoms in total. The summed E-state index contributed by atoms with van der Waals surface area (Å²) in [6.45, 7) is 7.30. The van der Waals surface area contributed by atoms with Crippen LogP contribution in [0.4, 0.5) is 5.82 Å². The highest BCUT2D eigenvalue weighted by molar-refractivity contribution is 5.45. The molecule has 1 rings (SSSR count). The lowest BCUT2D eigenvalue weighted by atomic mass is 10.0. The topological polar surface area (TPSA) is 52.0 Å². The van der Waals surface area contributed by atoms with E-state index in [1.165, 1.54) is 0 Å². The van der Waals surface area contributed by atoms with Gasteiger partial charge in [-0.05, 0) is 45.5 Å². The van der Waals surface area contributed by atoms with Crippen molar-refractivity contribution in [1.82, 2.24) is 9.88 Å². The van der Waals surface area contributed by atoms with Gasteiger partial charge in [-0.1, -0.05) is 13.8 Å². The zero-order valence-corrected chi connectivity index (χ0v) is 12.6. The fourth-order valence-electron chi connectivity index (χ4n) is 2.21. The Bertz CT molecular complexity index is 436. The van der Waals surface area contributed by atoms with E-state index >= 15 is 0 Å². The van der Waals surface area contributed by atoms with Crippen LogP contribution >= 0.6 is 0 Å². The molecule has 0 bridgehead atoms. The molecule has 1 aromatic heterocycles. The molecule has 0 amide bonds. The fourth-order valence-corrected chi connectivity index (χ4v) is 2.21. The Morgan fingerprint density at radius 3 is 2.58 bits per heavy atom. The number of hydrogen-bond donors (Lipinski definition) is 1. The number of nitriles is 1. The zero-order chi connectivity index (χ0) is 14.4. The molecule has 1 unspecified atom stereocenters. The third-order valence-corrected chi connectivity index (χ3v) is 2.78. The molecule has 0 aliphatic carbocycles. The quantitative estimate of drug-likeness (QED) is 0.854. The highest BCUT2D eigenvalue weighted by Gasteiger charge is 2.13. The van der Waals surface area contributed by atoms with E-state index in [0.29, 0.717) is 17.5 Å². The van der Waals surface area contributed by atoms with Crippen LogP contribution in [0.25, 0.3) is 0 Å². The number of nitrogens with zero attached hydrogens (tertiary/aromatic N) is 3. The van der Waals surface area contributed by atoms with Crippen molar-refractivity contribution in [3.63, 3.8) is 0 Å². The third kappa shape index (κ3) is 5.71. The molecule has 0 saturated carbocycles. The normalized spacial score (nSPS) is 12.5. The van der Waals surface area contributed by atoms with Gasteiger partial charge in [0.15, 0.2) is 0 Å². The average molecular weight is 260 g/mol. The van der Waals surface area contributed by atoms with Crippen molar-refractivity contribution in [3.05, 3.63) is 23.4 Å². The second kappa shape index (κ2) is 7.10. The van der Waals surface area contributed by atoms with Crippen molar-refractivity contribution in [2.24, 2.45) is 5.92 Å². The number of anilines is 1. The van der Waals surface area contributed by atoms with Gasteiger partial charge in [-0.3, -0.25) is 0 Å². The minimum atomic E-state index is 0.343. The Morgan fingerprint density at radius 2 is 2.05 bits per heavy atom. The first kappa shape index (κ1) is 15.5. The summed E-state index contributed by atoms with van der Waals surface area (Å²) >= 11 is 0. The minimum Gasteiger partial charge on any atom is -0.366 e. The Kier molecular flexibility index (Phi) is 5.78. The minimum absolute atomic E-state index is 0.343. The first-order valence-electron chi connectivity index (χ1n) is 6.70. The fraction of sp³-hybridized carbons (Fsp3) is 0.600. The maximum atomic E-state index is 9.00. The van der Waals surface area contributed by atoms with Gasteiger partial charge in [-0.15, -0.1) is 0 Å². The number of rotatable bonds is 6. The van der Waals surface area contributed by atoms with E-state index in [4.69, 9.17) is 5.26 Å². The lowest BCUT2D eigenvalue weighted by molar-refractivity contribution is 0.356. The molecule has 0 aromatic carbocycles. The third-order valence-electron chi connectivity index (χ3n) is 2.78. The number of hydrogen-bond acceptors (Lipinski definition) is 4. The summed E-state index contributed by atoms with van der Waals surface area (Å²) in [6, 6.07) is 6.13. The highest BCUT2D eigenvalue weighted by atomic mass is 15.1. The van der Waals surface area contributed by atoms with Crippen molar-refractivity contribution in [3.8, 4) is 6.07 Å². The molecule has 0 radical (unpaired) electrons. The molecule has 0 aliphatic rings. The van der Waals surface area contributed by atoms with Crippen LogP contribution in [0.3, 0.4) is 0 Å². The van der Waals surface area contributed by atoms with Crippen molar-refractivity contribution >= 4 is 5.82 Å². The largest absolute Gasteiger partial charge is 0.366 e.